The van der Waals surface area contributed by atoms with Gasteiger partial charge in [-0.15, -0.1) is 0 Å². The molecule has 3 aromatic rings. The van der Waals surface area contributed by atoms with Crippen molar-refractivity contribution in [2.45, 2.75) is 39.5 Å². The number of carbonyl (C=O) groups is 1. The van der Waals surface area contributed by atoms with Crippen LogP contribution in [-0.4, -0.2) is 24.1 Å². The largest absolute Gasteiger partial charge is 0.493 e. The summed E-state index contributed by atoms with van der Waals surface area (Å²) >= 11 is 12.2. The van der Waals surface area contributed by atoms with E-state index in [2.05, 4.69) is 5.32 Å². The van der Waals surface area contributed by atoms with Crippen molar-refractivity contribution in [3.63, 3.8) is 0 Å². The maximum absolute atomic E-state index is 13.1. The lowest BCUT2D eigenvalue weighted by atomic mass is 10.1. The average Bonchev–Trinajstić information content (AvgIpc) is 2.83. The van der Waals surface area contributed by atoms with E-state index in [1.165, 1.54) is 0 Å². The summed E-state index contributed by atoms with van der Waals surface area (Å²) in [6.45, 7) is 4.90. The van der Waals surface area contributed by atoms with Crippen molar-refractivity contribution in [3.05, 3.63) is 87.9 Å². The maximum atomic E-state index is 13.1. The molecular weight excluding hydrogens is 459 g/mol. The van der Waals surface area contributed by atoms with Gasteiger partial charge in [-0.2, -0.15) is 0 Å². The number of anilines is 1. The van der Waals surface area contributed by atoms with E-state index in [0.29, 0.717) is 40.4 Å². The molecule has 33 heavy (non-hydrogen) atoms. The Hall–Kier alpha value is -2.89. The molecule has 0 fully saturated rings. The van der Waals surface area contributed by atoms with Gasteiger partial charge in [0.15, 0.2) is 11.5 Å². The third-order valence-electron chi connectivity index (χ3n) is 5.37. The van der Waals surface area contributed by atoms with Crippen LogP contribution in [0.3, 0.4) is 0 Å². The fourth-order valence-electron chi connectivity index (χ4n) is 3.29. The number of amides is 2. The normalized spacial score (nSPS) is 11.5. The molecule has 0 saturated carbocycles. The third kappa shape index (κ3) is 6.80. The van der Waals surface area contributed by atoms with E-state index < -0.39 is 0 Å². The zero-order valence-corrected chi connectivity index (χ0v) is 20.5. The highest BCUT2D eigenvalue weighted by Crippen LogP contribution is 2.30. The number of ether oxygens (including phenoxy) is 2. The van der Waals surface area contributed by atoms with Gasteiger partial charge in [-0.25, -0.2) is 4.79 Å². The number of hydrogen-bond acceptors (Lipinski definition) is 3. The summed E-state index contributed by atoms with van der Waals surface area (Å²) in [6, 6.07) is 20.4. The predicted molar refractivity (Wildman–Crippen MR) is 135 cm³/mol. The molecule has 1 unspecified atom stereocenters. The smallest absolute Gasteiger partial charge is 0.322 e. The van der Waals surface area contributed by atoms with Crippen molar-refractivity contribution in [2.75, 3.05) is 12.4 Å². The average molecular weight is 487 g/mol. The molecule has 0 saturated heterocycles. The first-order valence-corrected chi connectivity index (χ1v) is 11.5. The monoisotopic (exact) mass is 486 g/mol. The van der Waals surface area contributed by atoms with Crippen LogP contribution in [0.4, 0.5) is 10.5 Å². The molecule has 0 bridgehead atoms. The summed E-state index contributed by atoms with van der Waals surface area (Å²) in [5.41, 5.74) is 2.52. The molecule has 1 N–H and O–H groups in total. The second-order valence-corrected chi connectivity index (χ2v) is 8.54. The molecule has 3 rings (SSSR count). The summed E-state index contributed by atoms with van der Waals surface area (Å²) in [6.07, 6.45) is 0.803. The van der Waals surface area contributed by atoms with E-state index in [0.717, 1.165) is 17.5 Å². The Morgan fingerprint density at radius 2 is 1.76 bits per heavy atom. The first-order chi connectivity index (χ1) is 15.9. The van der Waals surface area contributed by atoms with Crippen molar-refractivity contribution >= 4 is 34.9 Å². The van der Waals surface area contributed by atoms with Crippen molar-refractivity contribution in [1.82, 2.24) is 4.90 Å². The Balaban J connectivity index is 1.74. The van der Waals surface area contributed by atoms with Gasteiger partial charge in [0.1, 0.15) is 6.61 Å². The van der Waals surface area contributed by atoms with Crippen molar-refractivity contribution in [2.24, 2.45) is 0 Å². The molecule has 7 heteroatoms. The highest BCUT2D eigenvalue weighted by atomic mass is 35.5. The van der Waals surface area contributed by atoms with Crippen LogP contribution in [0.25, 0.3) is 0 Å². The number of urea groups is 1. The molecule has 0 aromatic heterocycles. The van der Waals surface area contributed by atoms with E-state index in [1.807, 2.05) is 62.4 Å². The van der Waals surface area contributed by atoms with Crippen LogP contribution in [0.2, 0.25) is 10.0 Å². The first-order valence-electron chi connectivity index (χ1n) is 10.8. The quantitative estimate of drug-likeness (QED) is 0.342. The number of nitrogens with one attached hydrogen (secondary N) is 1. The van der Waals surface area contributed by atoms with E-state index in [9.17, 15) is 4.79 Å². The van der Waals surface area contributed by atoms with Crippen molar-refractivity contribution in [3.8, 4) is 11.5 Å². The maximum Gasteiger partial charge on any atom is 0.322 e. The van der Waals surface area contributed by atoms with Crippen molar-refractivity contribution < 1.29 is 14.3 Å². The van der Waals surface area contributed by atoms with Crippen molar-refractivity contribution in [1.29, 1.82) is 0 Å². The zero-order valence-electron chi connectivity index (χ0n) is 19.0. The number of carbonyl (C=O) groups excluding carboxylic acids is 1. The fraction of sp³-hybridized carbons (Fsp3) is 0.269. The molecule has 0 radical (unpaired) electrons. The number of benzene rings is 3. The molecule has 0 heterocycles. The lowest BCUT2D eigenvalue weighted by Gasteiger charge is -2.29. The molecule has 3 aromatic carbocycles. The number of hydrogen-bond donors (Lipinski definition) is 1. The van der Waals surface area contributed by atoms with Crippen LogP contribution < -0.4 is 14.8 Å². The van der Waals surface area contributed by atoms with Crippen LogP contribution in [0.5, 0.6) is 11.5 Å². The Bertz CT molecular complexity index is 1080. The minimum absolute atomic E-state index is 0.0103. The number of rotatable bonds is 9. The first kappa shape index (κ1) is 24.7. The fourth-order valence-corrected chi connectivity index (χ4v) is 3.74. The third-order valence-corrected chi connectivity index (χ3v) is 5.92. The Morgan fingerprint density at radius 3 is 2.42 bits per heavy atom. The van der Waals surface area contributed by atoms with E-state index in [1.54, 1.807) is 30.2 Å². The molecule has 0 aliphatic rings. The molecule has 0 spiro atoms. The minimum atomic E-state index is -0.239. The van der Waals surface area contributed by atoms with Crippen LogP contribution >= 0.6 is 23.2 Å². The van der Waals surface area contributed by atoms with Gasteiger partial charge in [0, 0.05) is 17.6 Å². The second kappa shape index (κ2) is 11.8. The lowest BCUT2D eigenvalue weighted by Crippen LogP contribution is -2.40. The molecule has 174 valence electrons. The summed E-state index contributed by atoms with van der Waals surface area (Å²) < 4.78 is 11.5. The molecule has 0 aliphatic carbocycles. The van der Waals surface area contributed by atoms with Gasteiger partial charge in [-0.05, 0) is 54.8 Å². The summed E-state index contributed by atoms with van der Waals surface area (Å²) in [7, 11) is 1.61. The highest BCUT2D eigenvalue weighted by Gasteiger charge is 2.21. The van der Waals surface area contributed by atoms with Gasteiger partial charge in [0.05, 0.1) is 17.8 Å². The topological polar surface area (TPSA) is 50.8 Å². The van der Waals surface area contributed by atoms with Gasteiger partial charge >= 0.3 is 6.03 Å². The summed E-state index contributed by atoms with van der Waals surface area (Å²) in [4.78, 5) is 14.9. The molecule has 5 nitrogen and oxygen atoms in total. The Kier molecular flexibility index (Phi) is 8.87. The number of halogens is 2. The van der Waals surface area contributed by atoms with E-state index in [4.69, 9.17) is 32.7 Å². The summed E-state index contributed by atoms with van der Waals surface area (Å²) in [5.74, 6) is 1.27. The van der Waals surface area contributed by atoms with E-state index in [-0.39, 0.29) is 12.1 Å². The second-order valence-electron chi connectivity index (χ2n) is 7.70. The van der Waals surface area contributed by atoms with E-state index >= 15 is 0 Å². The van der Waals surface area contributed by atoms with Gasteiger partial charge in [0.25, 0.3) is 0 Å². The number of nitrogens with zero attached hydrogens (tertiary/aromatic N) is 1. The Labute approximate surface area is 205 Å². The van der Waals surface area contributed by atoms with Gasteiger partial charge in [0.2, 0.25) is 0 Å². The zero-order chi connectivity index (χ0) is 23.8. The van der Waals surface area contributed by atoms with Crippen LogP contribution in [-0.2, 0) is 13.2 Å². The molecular formula is C26H28Cl2N2O3. The van der Waals surface area contributed by atoms with Crippen LogP contribution in [0, 0.1) is 0 Å². The lowest BCUT2D eigenvalue weighted by molar-refractivity contribution is 0.187. The standard InChI is InChI=1S/C26H28Cl2N2O3/c1-4-18(2)30(26(31)29-23-12-11-21(27)15-22(23)28)16-20-10-13-24(25(14-20)32-3)33-17-19-8-6-5-7-9-19/h5-15,18H,4,16-17H2,1-3H3,(H,29,31). The minimum Gasteiger partial charge on any atom is -0.493 e. The predicted octanol–water partition coefficient (Wildman–Crippen LogP) is 7.41. The highest BCUT2D eigenvalue weighted by molar-refractivity contribution is 6.36. The molecule has 2 amide bonds. The van der Waals surface area contributed by atoms with Gasteiger partial charge < -0.3 is 19.7 Å². The SMILES string of the molecule is CCC(C)N(Cc1ccc(OCc2ccccc2)c(OC)c1)C(=O)Nc1ccc(Cl)cc1Cl. The van der Waals surface area contributed by atoms with Crippen LogP contribution in [0.15, 0.2) is 66.7 Å². The van der Waals surface area contributed by atoms with Gasteiger partial charge in [-0.1, -0.05) is 66.5 Å². The molecule has 1 atom stereocenters. The van der Waals surface area contributed by atoms with Crippen LogP contribution in [0.1, 0.15) is 31.4 Å². The number of methoxy groups -OCH3 is 1. The Morgan fingerprint density at radius 1 is 1.00 bits per heavy atom. The van der Waals surface area contributed by atoms with Gasteiger partial charge in [-0.3, -0.25) is 0 Å². The molecule has 0 aliphatic heterocycles. The summed E-state index contributed by atoms with van der Waals surface area (Å²) in [5, 5.41) is 3.79.